The van der Waals surface area contributed by atoms with E-state index in [4.69, 9.17) is 0 Å². The van der Waals surface area contributed by atoms with Crippen molar-refractivity contribution in [3.8, 4) is 0 Å². The van der Waals surface area contributed by atoms with Gasteiger partial charge < -0.3 is 0 Å². The summed E-state index contributed by atoms with van der Waals surface area (Å²) in [6.07, 6.45) is 0. The maximum absolute atomic E-state index is 12.9. The van der Waals surface area contributed by atoms with E-state index in [9.17, 15) is 4.39 Å². The van der Waals surface area contributed by atoms with Crippen LogP contribution in [0.25, 0.3) is 0 Å². The summed E-state index contributed by atoms with van der Waals surface area (Å²) in [4.78, 5) is 3.78. The summed E-state index contributed by atoms with van der Waals surface area (Å²) in [6.45, 7) is 5.95. The summed E-state index contributed by atoms with van der Waals surface area (Å²) in [5.74, 6) is -0.0497. The standard InChI is InChI=1S/C9H11BrFN/c1-5(2)7-4-8(10)9(11)12-6(7)3/h4-5H,1-3H3. The van der Waals surface area contributed by atoms with Gasteiger partial charge in [0.2, 0.25) is 5.95 Å². The van der Waals surface area contributed by atoms with Gasteiger partial charge in [-0.15, -0.1) is 0 Å². The van der Waals surface area contributed by atoms with Gasteiger partial charge in [-0.3, -0.25) is 0 Å². The fourth-order valence-corrected chi connectivity index (χ4v) is 1.49. The Hall–Kier alpha value is -0.440. The van der Waals surface area contributed by atoms with Crippen LogP contribution in [-0.4, -0.2) is 4.98 Å². The lowest BCUT2D eigenvalue weighted by Crippen LogP contribution is -1.98. The van der Waals surface area contributed by atoms with Crippen molar-refractivity contribution in [2.45, 2.75) is 26.7 Å². The molecule has 0 spiro atoms. The van der Waals surface area contributed by atoms with Crippen LogP contribution < -0.4 is 0 Å². The lowest BCUT2D eigenvalue weighted by Gasteiger charge is -2.09. The minimum absolute atomic E-state index is 0.384. The number of rotatable bonds is 1. The Morgan fingerprint density at radius 3 is 2.58 bits per heavy atom. The fourth-order valence-electron chi connectivity index (χ4n) is 1.15. The summed E-state index contributed by atoms with van der Waals surface area (Å²) in [5, 5.41) is 0. The van der Waals surface area contributed by atoms with Gasteiger partial charge in [-0.05, 0) is 40.4 Å². The van der Waals surface area contributed by atoms with E-state index >= 15 is 0 Å². The van der Waals surface area contributed by atoms with Gasteiger partial charge >= 0.3 is 0 Å². The minimum Gasteiger partial charge on any atom is -0.224 e. The van der Waals surface area contributed by atoms with E-state index in [2.05, 4.69) is 34.8 Å². The average molecular weight is 232 g/mol. The highest BCUT2D eigenvalue weighted by atomic mass is 79.9. The summed E-state index contributed by atoms with van der Waals surface area (Å²) >= 11 is 3.11. The van der Waals surface area contributed by atoms with Crippen LogP contribution >= 0.6 is 15.9 Å². The molecule has 0 aromatic carbocycles. The third-order valence-corrected chi connectivity index (χ3v) is 2.34. The molecule has 1 rings (SSSR count). The molecule has 0 aliphatic rings. The van der Waals surface area contributed by atoms with Crippen LogP contribution in [0.3, 0.4) is 0 Å². The van der Waals surface area contributed by atoms with Crippen molar-refractivity contribution in [3.63, 3.8) is 0 Å². The number of nitrogens with zero attached hydrogens (tertiary/aromatic N) is 1. The summed E-state index contributed by atoms with van der Waals surface area (Å²) in [5.41, 5.74) is 1.86. The molecule has 0 atom stereocenters. The lowest BCUT2D eigenvalue weighted by molar-refractivity contribution is 0.569. The van der Waals surface area contributed by atoms with E-state index in [-0.39, 0.29) is 0 Å². The molecule has 0 saturated carbocycles. The van der Waals surface area contributed by atoms with Gasteiger partial charge in [0.05, 0.1) is 4.47 Å². The molecule has 0 amide bonds. The number of hydrogen-bond donors (Lipinski definition) is 0. The molecule has 0 radical (unpaired) electrons. The predicted octanol–water partition coefficient (Wildman–Crippen LogP) is 3.42. The summed E-state index contributed by atoms with van der Waals surface area (Å²) < 4.78 is 13.3. The molecule has 12 heavy (non-hydrogen) atoms. The number of hydrogen-bond acceptors (Lipinski definition) is 1. The predicted molar refractivity (Wildman–Crippen MR) is 50.7 cm³/mol. The highest BCUT2D eigenvalue weighted by Crippen LogP contribution is 2.23. The monoisotopic (exact) mass is 231 g/mol. The molecule has 0 saturated heterocycles. The van der Waals surface area contributed by atoms with Gasteiger partial charge in [-0.25, -0.2) is 4.98 Å². The fraction of sp³-hybridized carbons (Fsp3) is 0.444. The van der Waals surface area contributed by atoms with Gasteiger partial charge in [-0.2, -0.15) is 4.39 Å². The van der Waals surface area contributed by atoms with Gasteiger partial charge in [0.1, 0.15) is 0 Å². The molecule has 0 aliphatic carbocycles. The first kappa shape index (κ1) is 9.65. The van der Waals surface area contributed by atoms with Crippen LogP contribution in [0, 0.1) is 12.9 Å². The van der Waals surface area contributed by atoms with Gasteiger partial charge in [-0.1, -0.05) is 13.8 Å². The quantitative estimate of drug-likeness (QED) is 0.676. The third-order valence-electron chi connectivity index (χ3n) is 1.78. The lowest BCUT2D eigenvalue weighted by atomic mass is 10.0. The molecule has 1 aromatic rings. The van der Waals surface area contributed by atoms with Gasteiger partial charge in [0.25, 0.3) is 0 Å². The Morgan fingerprint density at radius 1 is 1.50 bits per heavy atom. The van der Waals surface area contributed by atoms with Crippen molar-refractivity contribution in [2.24, 2.45) is 0 Å². The van der Waals surface area contributed by atoms with Crippen molar-refractivity contribution in [2.75, 3.05) is 0 Å². The van der Waals surface area contributed by atoms with E-state index in [0.29, 0.717) is 10.4 Å². The molecule has 0 unspecified atom stereocenters. The molecule has 3 heteroatoms. The molecule has 1 heterocycles. The number of pyridine rings is 1. The molecular formula is C9H11BrFN. The van der Waals surface area contributed by atoms with Gasteiger partial charge in [0, 0.05) is 5.69 Å². The van der Waals surface area contributed by atoms with Crippen LogP contribution in [0.5, 0.6) is 0 Å². The van der Waals surface area contributed by atoms with Crippen molar-refractivity contribution in [1.29, 1.82) is 0 Å². The maximum atomic E-state index is 12.9. The van der Waals surface area contributed by atoms with Crippen molar-refractivity contribution in [1.82, 2.24) is 4.98 Å². The Labute approximate surface area is 80.1 Å². The largest absolute Gasteiger partial charge is 0.227 e. The first-order valence-electron chi connectivity index (χ1n) is 3.85. The molecule has 0 N–H and O–H groups in total. The zero-order valence-electron chi connectivity index (χ0n) is 7.36. The van der Waals surface area contributed by atoms with E-state index in [0.717, 1.165) is 11.3 Å². The Kier molecular flexibility index (Phi) is 2.83. The first-order valence-corrected chi connectivity index (χ1v) is 4.64. The van der Waals surface area contributed by atoms with Crippen LogP contribution in [0.1, 0.15) is 31.0 Å². The molecular weight excluding hydrogens is 221 g/mol. The first-order chi connectivity index (χ1) is 5.52. The summed E-state index contributed by atoms with van der Waals surface area (Å²) in [6, 6.07) is 1.79. The van der Waals surface area contributed by atoms with E-state index < -0.39 is 5.95 Å². The average Bonchev–Trinajstić information content (AvgIpc) is 1.96. The Balaban J connectivity index is 3.23. The van der Waals surface area contributed by atoms with Gasteiger partial charge in [0.15, 0.2) is 0 Å². The van der Waals surface area contributed by atoms with Crippen LogP contribution in [0.2, 0.25) is 0 Å². The van der Waals surface area contributed by atoms with E-state index in [1.165, 1.54) is 0 Å². The molecule has 0 fully saturated rings. The third kappa shape index (κ3) is 1.83. The number of halogens is 2. The maximum Gasteiger partial charge on any atom is 0.227 e. The van der Waals surface area contributed by atoms with Crippen LogP contribution in [0.15, 0.2) is 10.5 Å². The second-order valence-corrected chi connectivity index (χ2v) is 3.94. The highest BCUT2D eigenvalue weighted by molar-refractivity contribution is 9.10. The summed E-state index contributed by atoms with van der Waals surface area (Å²) in [7, 11) is 0. The normalized spacial score (nSPS) is 10.8. The van der Waals surface area contributed by atoms with Crippen molar-refractivity contribution >= 4 is 15.9 Å². The zero-order valence-corrected chi connectivity index (χ0v) is 8.94. The molecule has 0 bridgehead atoms. The zero-order chi connectivity index (χ0) is 9.30. The smallest absolute Gasteiger partial charge is 0.224 e. The Morgan fingerprint density at radius 2 is 2.08 bits per heavy atom. The van der Waals surface area contributed by atoms with E-state index in [1.807, 2.05) is 6.92 Å². The topological polar surface area (TPSA) is 12.9 Å². The molecule has 66 valence electrons. The molecule has 0 aliphatic heterocycles. The molecule has 1 aromatic heterocycles. The second kappa shape index (κ2) is 3.52. The Bertz CT molecular complexity index is 297. The highest BCUT2D eigenvalue weighted by Gasteiger charge is 2.08. The van der Waals surface area contributed by atoms with Crippen molar-refractivity contribution < 1.29 is 4.39 Å². The van der Waals surface area contributed by atoms with Crippen LogP contribution in [0.4, 0.5) is 4.39 Å². The van der Waals surface area contributed by atoms with E-state index in [1.54, 1.807) is 6.07 Å². The van der Waals surface area contributed by atoms with Crippen molar-refractivity contribution in [3.05, 3.63) is 27.7 Å². The number of aromatic nitrogens is 1. The second-order valence-electron chi connectivity index (χ2n) is 3.09. The molecule has 1 nitrogen and oxygen atoms in total. The minimum atomic E-state index is -0.433. The SMILES string of the molecule is Cc1nc(F)c(Br)cc1C(C)C. The number of aryl methyl sites for hydroxylation is 1. The van der Waals surface area contributed by atoms with Crippen LogP contribution in [-0.2, 0) is 0 Å².